The van der Waals surface area contributed by atoms with Crippen molar-refractivity contribution >= 4 is 14.6 Å². The summed E-state index contributed by atoms with van der Waals surface area (Å²) in [7, 11) is -2.22. The van der Waals surface area contributed by atoms with E-state index in [2.05, 4.69) is 5.32 Å². The van der Waals surface area contributed by atoms with Crippen LogP contribution in [-0.4, -0.2) is 42.9 Å². The molecule has 0 saturated heterocycles. The fourth-order valence-electron chi connectivity index (χ4n) is 1.62. The minimum Gasteiger partial charge on any atom is -0.393 e. The van der Waals surface area contributed by atoms with Gasteiger partial charge in [0.2, 0.25) is 0 Å². The van der Waals surface area contributed by atoms with E-state index in [4.69, 9.17) is 32.0 Å². The quantitative estimate of drug-likeness (QED) is 0.134. The molecular weight excluding hydrogens is 309 g/mol. The number of nitrogens with two attached hydrogens (primary N) is 4. The second-order valence-electron chi connectivity index (χ2n) is 4.91. The first-order valence-corrected chi connectivity index (χ1v) is 8.64. The summed E-state index contributed by atoms with van der Waals surface area (Å²) in [6.07, 6.45) is 4.17. The molecule has 9 nitrogen and oxygen atoms in total. The standard InChI is InChI=1S/C12H30N5O4P/c13-7-3-1-2-4-9-20-22(19)21-11(18)10(14)6-5-8-17-12(15)16/h10,12,17,19H,1-9,13-16H2/t10-,22?/m0/s1. The van der Waals surface area contributed by atoms with Gasteiger partial charge in [-0.15, -0.1) is 0 Å². The smallest absolute Gasteiger partial charge is 0.393 e. The SMILES string of the molecule is NCCCCCCOP(O)OC(=O)[C@@H](N)CCCNC(N)N. The number of carbonyl (C=O) groups excluding carboxylic acids is 1. The van der Waals surface area contributed by atoms with Crippen LogP contribution in [0.15, 0.2) is 0 Å². The van der Waals surface area contributed by atoms with Gasteiger partial charge in [-0.05, 0) is 38.8 Å². The first-order valence-electron chi connectivity index (χ1n) is 7.51. The molecule has 0 radical (unpaired) electrons. The first-order chi connectivity index (χ1) is 10.5. The third kappa shape index (κ3) is 13.3. The Hall–Kier alpha value is -0.380. The van der Waals surface area contributed by atoms with Gasteiger partial charge < -0.3 is 36.9 Å². The van der Waals surface area contributed by atoms with Crippen molar-refractivity contribution < 1.29 is 18.7 Å². The summed E-state index contributed by atoms with van der Waals surface area (Å²) in [6.45, 7) is 1.56. The molecule has 0 aromatic carbocycles. The molecule has 2 atom stereocenters. The molecule has 0 fully saturated rings. The van der Waals surface area contributed by atoms with Gasteiger partial charge in [0.15, 0.2) is 0 Å². The van der Waals surface area contributed by atoms with Crippen molar-refractivity contribution in [3.05, 3.63) is 0 Å². The third-order valence-electron chi connectivity index (χ3n) is 2.84. The summed E-state index contributed by atoms with van der Waals surface area (Å²) in [6, 6.07) is -0.805. The highest BCUT2D eigenvalue weighted by atomic mass is 31.2. The maximum atomic E-state index is 11.6. The lowest BCUT2D eigenvalue weighted by molar-refractivity contribution is -0.136. The van der Waals surface area contributed by atoms with E-state index < -0.39 is 26.9 Å². The molecule has 0 amide bonds. The van der Waals surface area contributed by atoms with E-state index in [0.717, 1.165) is 25.7 Å². The van der Waals surface area contributed by atoms with Gasteiger partial charge in [-0.3, -0.25) is 10.1 Å². The molecule has 0 bridgehead atoms. The second kappa shape index (κ2) is 14.2. The van der Waals surface area contributed by atoms with E-state index in [1.165, 1.54) is 0 Å². The van der Waals surface area contributed by atoms with Crippen LogP contribution in [0.4, 0.5) is 0 Å². The van der Waals surface area contributed by atoms with E-state index in [9.17, 15) is 9.69 Å². The number of carbonyl (C=O) groups is 1. The summed E-state index contributed by atoms with van der Waals surface area (Å²) in [5, 5.41) is 2.80. The Labute approximate surface area is 133 Å². The molecule has 0 heterocycles. The lowest BCUT2D eigenvalue weighted by Crippen LogP contribution is -2.45. The molecule has 0 aromatic rings. The highest BCUT2D eigenvalue weighted by Gasteiger charge is 2.20. The zero-order valence-corrected chi connectivity index (χ0v) is 13.8. The summed E-state index contributed by atoms with van der Waals surface area (Å²) < 4.78 is 9.81. The van der Waals surface area contributed by atoms with Crippen LogP contribution in [0.1, 0.15) is 38.5 Å². The number of hydrogen-bond donors (Lipinski definition) is 6. The van der Waals surface area contributed by atoms with Crippen LogP contribution in [0.25, 0.3) is 0 Å². The average molecular weight is 339 g/mol. The Morgan fingerprint density at radius 1 is 1.14 bits per heavy atom. The zero-order valence-electron chi connectivity index (χ0n) is 12.9. The van der Waals surface area contributed by atoms with Crippen molar-refractivity contribution in [1.29, 1.82) is 0 Å². The highest BCUT2D eigenvalue weighted by molar-refractivity contribution is 7.41. The summed E-state index contributed by atoms with van der Waals surface area (Å²) >= 11 is 0. The lowest BCUT2D eigenvalue weighted by Gasteiger charge is -2.14. The van der Waals surface area contributed by atoms with Crippen LogP contribution < -0.4 is 28.3 Å². The Morgan fingerprint density at radius 3 is 2.45 bits per heavy atom. The van der Waals surface area contributed by atoms with E-state index >= 15 is 0 Å². The topological polar surface area (TPSA) is 172 Å². The second-order valence-corrected chi connectivity index (χ2v) is 5.83. The minimum absolute atomic E-state index is 0.341. The monoisotopic (exact) mass is 339 g/mol. The van der Waals surface area contributed by atoms with Crippen LogP contribution >= 0.6 is 8.60 Å². The van der Waals surface area contributed by atoms with Crippen molar-refractivity contribution in [3.63, 3.8) is 0 Å². The van der Waals surface area contributed by atoms with Gasteiger partial charge >= 0.3 is 14.6 Å². The fourth-order valence-corrected chi connectivity index (χ4v) is 2.25. The van der Waals surface area contributed by atoms with Crippen molar-refractivity contribution in [1.82, 2.24) is 5.32 Å². The number of nitrogens with one attached hydrogen (secondary N) is 1. The van der Waals surface area contributed by atoms with E-state index in [1.807, 2.05) is 0 Å². The van der Waals surface area contributed by atoms with E-state index in [-0.39, 0.29) is 0 Å². The van der Waals surface area contributed by atoms with E-state index in [1.54, 1.807) is 0 Å². The molecule has 0 aliphatic heterocycles. The molecule has 0 aromatic heterocycles. The number of unbranched alkanes of at least 4 members (excludes halogenated alkanes) is 3. The lowest BCUT2D eigenvalue weighted by atomic mass is 10.2. The predicted molar refractivity (Wildman–Crippen MR) is 86.1 cm³/mol. The van der Waals surface area contributed by atoms with E-state index in [0.29, 0.717) is 32.5 Å². The van der Waals surface area contributed by atoms with Crippen molar-refractivity contribution in [2.24, 2.45) is 22.9 Å². The maximum Gasteiger partial charge on any atom is 0.396 e. The summed E-state index contributed by atoms with van der Waals surface area (Å²) in [4.78, 5) is 21.1. The molecule has 0 aliphatic carbocycles. The molecule has 132 valence electrons. The van der Waals surface area contributed by atoms with Gasteiger partial charge in [-0.25, -0.2) is 0 Å². The maximum absolute atomic E-state index is 11.6. The predicted octanol–water partition coefficient (Wildman–Crippen LogP) is -0.817. The Kier molecular flexibility index (Phi) is 14.0. The minimum atomic E-state index is -2.22. The van der Waals surface area contributed by atoms with Gasteiger partial charge in [0.1, 0.15) is 12.3 Å². The molecule has 0 saturated carbocycles. The first kappa shape index (κ1) is 21.6. The molecule has 10 heteroatoms. The zero-order chi connectivity index (χ0) is 16.8. The fraction of sp³-hybridized carbons (Fsp3) is 0.917. The molecular formula is C12H30N5O4P. The largest absolute Gasteiger partial charge is 0.396 e. The van der Waals surface area contributed by atoms with Gasteiger partial charge in [0, 0.05) is 0 Å². The molecule has 0 spiro atoms. The van der Waals surface area contributed by atoms with Crippen LogP contribution in [0, 0.1) is 0 Å². The van der Waals surface area contributed by atoms with Crippen LogP contribution in [0.2, 0.25) is 0 Å². The highest BCUT2D eigenvalue weighted by Crippen LogP contribution is 2.33. The Morgan fingerprint density at radius 2 is 1.82 bits per heavy atom. The number of hydrogen-bond acceptors (Lipinski definition) is 9. The molecule has 0 rings (SSSR count). The van der Waals surface area contributed by atoms with Gasteiger partial charge in [-0.2, -0.15) is 0 Å². The average Bonchev–Trinajstić information content (AvgIpc) is 2.46. The molecule has 10 N–H and O–H groups in total. The molecule has 0 aliphatic rings. The van der Waals surface area contributed by atoms with Crippen LogP contribution in [0.5, 0.6) is 0 Å². The Balaban J connectivity index is 3.62. The summed E-state index contributed by atoms with van der Waals surface area (Å²) in [5.74, 6) is -0.672. The normalized spacial score (nSPS) is 14.1. The van der Waals surface area contributed by atoms with Crippen LogP contribution in [-0.2, 0) is 13.8 Å². The van der Waals surface area contributed by atoms with Gasteiger partial charge in [-0.1, -0.05) is 12.8 Å². The summed E-state index contributed by atoms with van der Waals surface area (Å²) in [5.41, 5.74) is 21.7. The molecule has 1 unspecified atom stereocenters. The Bertz CT molecular complexity index is 286. The van der Waals surface area contributed by atoms with Crippen molar-refractivity contribution in [2.75, 3.05) is 19.7 Å². The third-order valence-corrected chi connectivity index (χ3v) is 3.58. The molecule has 22 heavy (non-hydrogen) atoms. The van der Waals surface area contributed by atoms with Gasteiger partial charge in [0.05, 0.1) is 6.61 Å². The van der Waals surface area contributed by atoms with Gasteiger partial charge in [0.25, 0.3) is 0 Å². The van der Waals surface area contributed by atoms with Crippen LogP contribution in [0.3, 0.4) is 0 Å². The van der Waals surface area contributed by atoms with Crippen molar-refractivity contribution in [2.45, 2.75) is 50.9 Å². The van der Waals surface area contributed by atoms with Crippen molar-refractivity contribution in [3.8, 4) is 0 Å². The number of rotatable bonds is 14.